The first kappa shape index (κ1) is 24.5. The smallest absolute Gasteiger partial charge is 0.257 e. The third-order valence-electron chi connectivity index (χ3n) is 4.63. The minimum atomic E-state index is -1.07. The zero-order chi connectivity index (χ0) is 23.3. The summed E-state index contributed by atoms with van der Waals surface area (Å²) in [5.41, 5.74) is 0.695. The third-order valence-corrected chi connectivity index (χ3v) is 5.12. The van der Waals surface area contributed by atoms with Crippen LogP contribution in [-0.2, 0) is 9.59 Å². The van der Waals surface area contributed by atoms with Gasteiger partial charge in [0.25, 0.3) is 5.91 Å². The molecule has 0 spiro atoms. The molecule has 1 unspecified atom stereocenters. The van der Waals surface area contributed by atoms with Gasteiger partial charge in [-0.1, -0.05) is 35.8 Å². The zero-order valence-electron chi connectivity index (χ0n) is 17.6. The maximum absolute atomic E-state index is 13.9. The van der Waals surface area contributed by atoms with Crippen molar-refractivity contribution < 1.29 is 23.2 Å². The van der Waals surface area contributed by atoms with Crippen LogP contribution in [0.25, 0.3) is 0 Å². The van der Waals surface area contributed by atoms with Gasteiger partial charge in [-0.2, -0.15) is 0 Å². The number of rotatable bonds is 7. The first-order chi connectivity index (χ1) is 14.5. The Morgan fingerprint density at radius 2 is 1.71 bits per heavy atom. The molecule has 0 aliphatic rings. The highest BCUT2D eigenvalue weighted by molar-refractivity contribution is 9.10. The van der Waals surface area contributed by atoms with E-state index in [1.165, 1.54) is 7.05 Å². The standard InChI is InChI=1S/C22H24BrF2N3O3/c1-12(2)20(27-21(30)19-15(24)6-5-7-16(19)25)22(31)28(4)11-18(29)26-17-9-8-14(23)10-13(17)3/h5-10,12,20H,11H2,1-4H3,(H,26,29)(H,27,30). The summed E-state index contributed by atoms with van der Waals surface area (Å²) >= 11 is 3.35. The second-order valence-electron chi connectivity index (χ2n) is 7.49. The number of likely N-dealkylation sites (N-methyl/N-ethyl adjacent to an activating group) is 1. The number of amides is 3. The summed E-state index contributed by atoms with van der Waals surface area (Å²) in [6.45, 7) is 4.93. The summed E-state index contributed by atoms with van der Waals surface area (Å²) in [6, 6.07) is 7.36. The van der Waals surface area contributed by atoms with Crippen LogP contribution in [0.5, 0.6) is 0 Å². The number of carbonyl (C=O) groups excluding carboxylic acids is 3. The van der Waals surface area contributed by atoms with E-state index in [1.807, 2.05) is 13.0 Å². The number of anilines is 1. The molecular formula is C22H24BrF2N3O3. The Kier molecular flexibility index (Phi) is 8.27. The summed E-state index contributed by atoms with van der Waals surface area (Å²) in [5, 5.41) is 5.12. The van der Waals surface area contributed by atoms with Gasteiger partial charge in [0.05, 0.1) is 6.54 Å². The lowest BCUT2D eigenvalue weighted by atomic mass is 10.0. The molecule has 2 N–H and O–H groups in total. The van der Waals surface area contributed by atoms with Crippen LogP contribution in [0.1, 0.15) is 29.8 Å². The molecular weight excluding hydrogens is 472 g/mol. The monoisotopic (exact) mass is 495 g/mol. The Bertz CT molecular complexity index is 978. The van der Waals surface area contributed by atoms with Gasteiger partial charge in [-0.25, -0.2) is 8.78 Å². The van der Waals surface area contributed by atoms with E-state index in [-0.39, 0.29) is 12.5 Å². The zero-order valence-corrected chi connectivity index (χ0v) is 19.2. The van der Waals surface area contributed by atoms with Crippen molar-refractivity contribution in [2.75, 3.05) is 18.9 Å². The molecule has 2 rings (SSSR count). The van der Waals surface area contributed by atoms with E-state index in [2.05, 4.69) is 26.6 Å². The fourth-order valence-corrected chi connectivity index (χ4v) is 3.41. The minimum absolute atomic E-state index is 0.262. The molecule has 0 heterocycles. The second kappa shape index (κ2) is 10.5. The van der Waals surface area contributed by atoms with Crippen LogP contribution in [0.2, 0.25) is 0 Å². The maximum Gasteiger partial charge on any atom is 0.257 e. The van der Waals surface area contributed by atoms with E-state index in [4.69, 9.17) is 0 Å². The van der Waals surface area contributed by atoms with Gasteiger partial charge < -0.3 is 15.5 Å². The molecule has 2 aromatic rings. The average Bonchev–Trinajstić information content (AvgIpc) is 2.67. The van der Waals surface area contributed by atoms with Crippen LogP contribution >= 0.6 is 15.9 Å². The fourth-order valence-electron chi connectivity index (χ4n) is 2.93. The van der Waals surface area contributed by atoms with Crippen molar-refractivity contribution in [3.63, 3.8) is 0 Å². The second-order valence-corrected chi connectivity index (χ2v) is 8.41. The van der Waals surface area contributed by atoms with E-state index >= 15 is 0 Å². The molecule has 0 aliphatic carbocycles. The van der Waals surface area contributed by atoms with Gasteiger partial charge in [0.2, 0.25) is 11.8 Å². The van der Waals surface area contributed by atoms with Crippen LogP contribution in [-0.4, -0.2) is 42.3 Å². The molecule has 0 saturated heterocycles. The molecule has 0 aliphatic heterocycles. The van der Waals surface area contributed by atoms with E-state index in [1.54, 1.807) is 26.0 Å². The Labute approximate surface area is 188 Å². The van der Waals surface area contributed by atoms with Crippen molar-refractivity contribution in [3.8, 4) is 0 Å². The summed E-state index contributed by atoms with van der Waals surface area (Å²) in [4.78, 5) is 38.8. The molecule has 31 heavy (non-hydrogen) atoms. The normalized spacial score (nSPS) is 11.7. The molecule has 3 amide bonds. The molecule has 6 nitrogen and oxygen atoms in total. The van der Waals surface area contributed by atoms with Gasteiger partial charge >= 0.3 is 0 Å². The van der Waals surface area contributed by atoms with E-state index in [0.717, 1.165) is 33.1 Å². The molecule has 0 saturated carbocycles. The van der Waals surface area contributed by atoms with Gasteiger partial charge in [-0.3, -0.25) is 14.4 Å². The van der Waals surface area contributed by atoms with Gasteiger partial charge in [0, 0.05) is 17.2 Å². The molecule has 9 heteroatoms. The lowest BCUT2D eigenvalue weighted by molar-refractivity contribution is -0.135. The van der Waals surface area contributed by atoms with Crippen LogP contribution in [0.15, 0.2) is 40.9 Å². The van der Waals surface area contributed by atoms with Gasteiger partial charge in [0.1, 0.15) is 23.2 Å². The predicted octanol–water partition coefficient (Wildman–Crippen LogP) is 3.89. The van der Waals surface area contributed by atoms with Gasteiger partial charge in [0.15, 0.2) is 0 Å². The number of aryl methyl sites for hydroxylation is 1. The molecule has 0 bridgehead atoms. The molecule has 1 atom stereocenters. The molecule has 0 fully saturated rings. The van der Waals surface area contributed by atoms with E-state index in [9.17, 15) is 23.2 Å². The van der Waals surface area contributed by atoms with E-state index < -0.39 is 41.0 Å². The van der Waals surface area contributed by atoms with Crippen LogP contribution in [0, 0.1) is 24.5 Å². The van der Waals surface area contributed by atoms with Gasteiger partial charge in [-0.05, 0) is 48.7 Å². The number of nitrogens with zero attached hydrogens (tertiary/aromatic N) is 1. The number of halogens is 3. The first-order valence-corrected chi connectivity index (χ1v) is 10.4. The Hall–Kier alpha value is -2.81. The van der Waals surface area contributed by atoms with Crippen LogP contribution in [0.4, 0.5) is 14.5 Å². The molecule has 0 aromatic heterocycles. The first-order valence-electron chi connectivity index (χ1n) is 9.57. The molecule has 166 valence electrons. The quantitative estimate of drug-likeness (QED) is 0.611. The minimum Gasteiger partial charge on any atom is -0.340 e. The highest BCUT2D eigenvalue weighted by Gasteiger charge is 2.30. The lowest BCUT2D eigenvalue weighted by Gasteiger charge is -2.27. The van der Waals surface area contributed by atoms with Crippen molar-refractivity contribution in [1.82, 2.24) is 10.2 Å². The van der Waals surface area contributed by atoms with Crippen molar-refractivity contribution in [3.05, 3.63) is 63.6 Å². The fraction of sp³-hybridized carbons (Fsp3) is 0.318. The van der Waals surface area contributed by atoms with Crippen molar-refractivity contribution in [2.45, 2.75) is 26.8 Å². The summed E-state index contributed by atoms with van der Waals surface area (Å²) in [6.07, 6.45) is 0. The largest absolute Gasteiger partial charge is 0.340 e. The number of carbonyl (C=O) groups is 3. The molecule has 2 aromatic carbocycles. The topological polar surface area (TPSA) is 78.5 Å². The van der Waals surface area contributed by atoms with Crippen molar-refractivity contribution >= 4 is 39.3 Å². The highest BCUT2D eigenvalue weighted by Crippen LogP contribution is 2.20. The Morgan fingerprint density at radius 1 is 1.10 bits per heavy atom. The Balaban J connectivity index is 2.08. The number of hydrogen-bond donors (Lipinski definition) is 2. The van der Waals surface area contributed by atoms with E-state index in [0.29, 0.717) is 5.69 Å². The predicted molar refractivity (Wildman–Crippen MR) is 118 cm³/mol. The average molecular weight is 496 g/mol. The van der Waals surface area contributed by atoms with Gasteiger partial charge in [-0.15, -0.1) is 0 Å². The summed E-state index contributed by atoms with van der Waals surface area (Å²) in [7, 11) is 1.42. The summed E-state index contributed by atoms with van der Waals surface area (Å²) < 4.78 is 28.7. The lowest BCUT2D eigenvalue weighted by Crippen LogP contribution is -2.51. The summed E-state index contributed by atoms with van der Waals surface area (Å²) in [5.74, 6) is -4.44. The number of nitrogens with one attached hydrogen (secondary N) is 2. The third kappa shape index (κ3) is 6.33. The maximum atomic E-state index is 13.9. The van der Waals surface area contributed by atoms with Crippen LogP contribution < -0.4 is 10.6 Å². The number of benzene rings is 2. The highest BCUT2D eigenvalue weighted by atomic mass is 79.9. The SMILES string of the molecule is Cc1cc(Br)ccc1NC(=O)CN(C)C(=O)C(NC(=O)c1c(F)cccc1F)C(C)C. The van der Waals surface area contributed by atoms with Crippen LogP contribution in [0.3, 0.4) is 0 Å². The number of hydrogen-bond acceptors (Lipinski definition) is 3. The van der Waals surface area contributed by atoms with Crippen molar-refractivity contribution in [2.24, 2.45) is 5.92 Å². The van der Waals surface area contributed by atoms with Crippen molar-refractivity contribution in [1.29, 1.82) is 0 Å². The molecule has 0 radical (unpaired) electrons. The Morgan fingerprint density at radius 3 is 2.26 bits per heavy atom.